The van der Waals surface area contributed by atoms with Crippen LogP contribution in [-0.4, -0.2) is 22.8 Å². The first kappa shape index (κ1) is 15.3. The summed E-state index contributed by atoms with van der Waals surface area (Å²) in [5, 5.41) is 1.33. The van der Waals surface area contributed by atoms with Gasteiger partial charge in [0.05, 0.1) is 16.4 Å². The predicted molar refractivity (Wildman–Crippen MR) is 91.9 cm³/mol. The SMILES string of the molecule is CN(Cc1ccc(Cl)s1)C(=O)c1ccc2nc(Cl)ccc2c1. The van der Waals surface area contributed by atoms with Gasteiger partial charge in [-0.3, -0.25) is 4.79 Å². The highest BCUT2D eigenvalue weighted by atomic mass is 35.5. The van der Waals surface area contributed by atoms with Crippen LogP contribution in [0.15, 0.2) is 42.5 Å². The standard InChI is InChI=1S/C16H12Cl2N2OS/c1-20(9-12-4-7-15(18)22-12)16(21)11-2-5-13-10(8-11)3-6-14(17)19-13/h2-8H,9H2,1H3. The molecule has 0 saturated carbocycles. The second-order valence-electron chi connectivity index (χ2n) is 4.91. The number of hydrogen-bond donors (Lipinski definition) is 0. The van der Waals surface area contributed by atoms with Gasteiger partial charge in [-0.15, -0.1) is 11.3 Å². The number of nitrogens with zero attached hydrogens (tertiary/aromatic N) is 2. The molecule has 0 aliphatic carbocycles. The maximum Gasteiger partial charge on any atom is 0.253 e. The molecule has 3 rings (SSSR count). The van der Waals surface area contributed by atoms with Crippen LogP contribution in [0.4, 0.5) is 0 Å². The smallest absolute Gasteiger partial charge is 0.253 e. The van der Waals surface area contributed by atoms with Gasteiger partial charge in [-0.2, -0.15) is 0 Å². The van der Waals surface area contributed by atoms with E-state index in [2.05, 4.69) is 4.98 Å². The molecule has 3 nitrogen and oxygen atoms in total. The van der Waals surface area contributed by atoms with E-state index in [9.17, 15) is 4.79 Å². The minimum atomic E-state index is -0.0404. The van der Waals surface area contributed by atoms with Gasteiger partial charge in [-0.1, -0.05) is 23.2 Å². The van der Waals surface area contributed by atoms with Crippen LogP contribution in [0.1, 0.15) is 15.2 Å². The zero-order valence-electron chi connectivity index (χ0n) is 11.7. The number of thiophene rings is 1. The minimum Gasteiger partial charge on any atom is -0.337 e. The molecule has 1 amide bonds. The minimum absolute atomic E-state index is 0.0404. The molecule has 22 heavy (non-hydrogen) atoms. The van der Waals surface area contributed by atoms with Crippen molar-refractivity contribution in [2.24, 2.45) is 0 Å². The Bertz CT molecular complexity index is 847. The van der Waals surface area contributed by atoms with Crippen LogP contribution in [0.5, 0.6) is 0 Å². The van der Waals surface area contributed by atoms with E-state index >= 15 is 0 Å². The first-order valence-electron chi connectivity index (χ1n) is 6.59. The lowest BCUT2D eigenvalue weighted by atomic mass is 10.1. The maximum atomic E-state index is 12.5. The zero-order valence-corrected chi connectivity index (χ0v) is 14.0. The summed E-state index contributed by atoms with van der Waals surface area (Å²) in [6.45, 7) is 0.535. The number of benzene rings is 1. The maximum absolute atomic E-state index is 12.5. The molecule has 2 heterocycles. The fourth-order valence-corrected chi connectivity index (χ4v) is 3.49. The van der Waals surface area contributed by atoms with E-state index in [0.29, 0.717) is 17.3 Å². The molecule has 0 bridgehead atoms. The Balaban J connectivity index is 1.83. The molecular formula is C16H12Cl2N2OS. The second kappa shape index (κ2) is 6.24. The summed E-state index contributed by atoms with van der Waals surface area (Å²) >= 11 is 13.3. The summed E-state index contributed by atoms with van der Waals surface area (Å²) in [6, 6.07) is 12.8. The molecule has 3 aromatic rings. The average Bonchev–Trinajstić information content (AvgIpc) is 2.91. The molecule has 6 heteroatoms. The van der Waals surface area contributed by atoms with Crippen molar-refractivity contribution in [3.05, 3.63) is 62.4 Å². The highest BCUT2D eigenvalue weighted by Gasteiger charge is 2.13. The van der Waals surface area contributed by atoms with E-state index < -0.39 is 0 Å². The third kappa shape index (κ3) is 3.24. The lowest BCUT2D eigenvalue weighted by Gasteiger charge is -2.16. The van der Waals surface area contributed by atoms with Crippen molar-refractivity contribution in [3.63, 3.8) is 0 Å². The summed E-state index contributed by atoms with van der Waals surface area (Å²) < 4.78 is 0.726. The molecule has 0 aliphatic heterocycles. The number of halogens is 2. The van der Waals surface area contributed by atoms with Crippen LogP contribution in [0.25, 0.3) is 10.9 Å². The molecule has 1 aromatic carbocycles. The number of amides is 1. The molecule has 0 fully saturated rings. The van der Waals surface area contributed by atoms with Gasteiger partial charge in [0.2, 0.25) is 0 Å². The molecule has 0 unspecified atom stereocenters. The monoisotopic (exact) mass is 350 g/mol. The van der Waals surface area contributed by atoms with Gasteiger partial charge >= 0.3 is 0 Å². The summed E-state index contributed by atoms with van der Waals surface area (Å²) in [6.07, 6.45) is 0. The predicted octanol–water partition coefficient (Wildman–Crippen LogP) is 4.88. The molecule has 0 aliphatic rings. The topological polar surface area (TPSA) is 33.2 Å². The van der Waals surface area contributed by atoms with Crippen LogP contribution < -0.4 is 0 Å². The molecule has 0 N–H and O–H groups in total. The van der Waals surface area contributed by atoms with Gasteiger partial charge in [-0.25, -0.2) is 4.98 Å². The van der Waals surface area contributed by atoms with Gasteiger partial charge in [0, 0.05) is 22.9 Å². The van der Waals surface area contributed by atoms with Crippen LogP contribution in [0.2, 0.25) is 9.49 Å². The van der Waals surface area contributed by atoms with Crippen molar-refractivity contribution in [2.45, 2.75) is 6.54 Å². The summed E-state index contributed by atoms with van der Waals surface area (Å²) in [5.41, 5.74) is 1.40. The van der Waals surface area contributed by atoms with Gasteiger partial charge < -0.3 is 4.90 Å². The molecule has 0 saturated heterocycles. The van der Waals surface area contributed by atoms with Crippen LogP contribution in [0, 0.1) is 0 Å². The lowest BCUT2D eigenvalue weighted by Crippen LogP contribution is -2.25. The largest absolute Gasteiger partial charge is 0.337 e. The van der Waals surface area contributed by atoms with Crippen molar-refractivity contribution >= 4 is 51.3 Å². The Labute approximate surface area is 142 Å². The Morgan fingerprint density at radius 3 is 2.73 bits per heavy atom. The summed E-state index contributed by atoms with van der Waals surface area (Å²) in [5.74, 6) is -0.0404. The molecule has 0 spiro atoms. The third-order valence-electron chi connectivity index (χ3n) is 3.27. The molecule has 112 valence electrons. The van der Waals surface area contributed by atoms with Gasteiger partial charge in [0.1, 0.15) is 5.15 Å². The Kier molecular flexibility index (Phi) is 4.34. The molecule has 2 aromatic heterocycles. The molecular weight excluding hydrogens is 339 g/mol. The van der Waals surface area contributed by atoms with Crippen molar-refractivity contribution in [3.8, 4) is 0 Å². The van der Waals surface area contributed by atoms with Crippen LogP contribution in [-0.2, 0) is 6.54 Å². The van der Waals surface area contributed by atoms with E-state index in [0.717, 1.165) is 20.1 Å². The van der Waals surface area contributed by atoms with Crippen molar-refractivity contribution in [1.82, 2.24) is 9.88 Å². The zero-order chi connectivity index (χ0) is 15.7. The van der Waals surface area contributed by atoms with Gasteiger partial charge in [0.25, 0.3) is 5.91 Å². The Hall–Kier alpha value is -1.62. The number of fused-ring (bicyclic) bond motifs is 1. The van der Waals surface area contributed by atoms with Crippen LogP contribution in [0.3, 0.4) is 0 Å². The number of carbonyl (C=O) groups excluding carboxylic acids is 1. The number of aromatic nitrogens is 1. The summed E-state index contributed by atoms with van der Waals surface area (Å²) in [7, 11) is 1.78. The lowest BCUT2D eigenvalue weighted by molar-refractivity contribution is 0.0786. The normalized spacial score (nSPS) is 10.9. The van der Waals surface area contributed by atoms with E-state index in [4.69, 9.17) is 23.2 Å². The Morgan fingerprint density at radius 1 is 1.18 bits per heavy atom. The fraction of sp³-hybridized carbons (Fsp3) is 0.125. The van der Waals surface area contributed by atoms with Crippen molar-refractivity contribution < 1.29 is 4.79 Å². The van der Waals surface area contributed by atoms with E-state index in [1.54, 1.807) is 24.1 Å². The average molecular weight is 351 g/mol. The number of carbonyl (C=O) groups is 1. The fourth-order valence-electron chi connectivity index (χ4n) is 2.20. The van der Waals surface area contributed by atoms with E-state index in [-0.39, 0.29) is 5.91 Å². The Morgan fingerprint density at radius 2 is 2.00 bits per heavy atom. The first-order valence-corrected chi connectivity index (χ1v) is 8.16. The summed E-state index contributed by atoms with van der Waals surface area (Å²) in [4.78, 5) is 19.5. The number of hydrogen-bond acceptors (Lipinski definition) is 3. The molecule has 0 atom stereocenters. The second-order valence-corrected chi connectivity index (χ2v) is 7.10. The van der Waals surface area contributed by atoms with Crippen LogP contribution >= 0.6 is 34.5 Å². The van der Waals surface area contributed by atoms with Gasteiger partial charge in [0.15, 0.2) is 0 Å². The number of rotatable bonds is 3. The molecule has 0 radical (unpaired) electrons. The van der Waals surface area contributed by atoms with E-state index in [1.807, 2.05) is 30.3 Å². The highest BCUT2D eigenvalue weighted by Crippen LogP contribution is 2.23. The quantitative estimate of drug-likeness (QED) is 0.631. The van der Waals surface area contributed by atoms with Crippen molar-refractivity contribution in [1.29, 1.82) is 0 Å². The van der Waals surface area contributed by atoms with E-state index in [1.165, 1.54) is 11.3 Å². The van der Waals surface area contributed by atoms with Crippen molar-refractivity contribution in [2.75, 3.05) is 7.05 Å². The van der Waals surface area contributed by atoms with Gasteiger partial charge in [-0.05, 0) is 42.5 Å². The highest BCUT2D eigenvalue weighted by molar-refractivity contribution is 7.16. The third-order valence-corrected chi connectivity index (χ3v) is 4.70. The number of pyridine rings is 1. The first-order chi connectivity index (χ1) is 10.5.